The number of nitrogens with zero attached hydrogens (tertiary/aromatic N) is 3. The molecule has 1 atom stereocenters. The van der Waals surface area contributed by atoms with E-state index in [9.17, 15) is 9.59 Å². The number of allylic oxidation sites excluding steroid dienone is 1. The van der Waals surface area contributed by atoms with E-state index in [0.29, 0.717) is 28.0 Å². The minimum atomic E-state index is -0.512. The summed E-state index contributed by atoms with van der Waals surface area (Å²) in [4.78, 5) is 34.4. The van der Waals surface area contributed by atoms with Crippen molar-refractivity contribution in [2.24, 2.45) is 0 Å². The Morgan fingerprint density at radius 2 is 1.75 bits per heavy atom. The molecule has 0 fully saturated rings. The number of hydrogen-bond acceptors (Lipinski definition) is 6. The Balaban J connectivity index is 0.000000677. The van der Waals surface area contributed by atoms with Gasteiger partial charge < -0.3 is 15.1 Å². The normalized spacial score (nSPS) is 10.8. The minimum Gasteiger partial charge on any atom is -0.407 e. The van der Waals surface area contributed by atoms with Crippen LogP contribution in [0.15, 0.2) is 107 Å². The van der Waals surface area contributed by atoms with Crippen LogP contribution in [0.2, 0.25) is 0 Å². The number of fused-ring (bicyclic) bond motifs is 1. The highest BCUT2D eigenvalue weighted by Crippen LogP contribution is 2.27. The first-order chi connectivity index (χ1) is 19.4. The van der Waals surface area contributed by atoms with Gasteiger partial charge >= 0.3 is 5.76 Å². The van der Waals surface area contributed by atoms with Gasteiger partial charge in [-0.15, -0.1) is 0 Å². The van der Waals surface area contributed by atoms with Crippen LogP contribution in [-0.4, -0.2) is 26.7 Å². The topological polar surface area (TPSA) is 114 Å². The van der Waals surface area contributed by atoms with Crippen LogP contribution in [0, 0.1) is 12.3 Å². The molecule has 0 bridgehead atoms. The molecule has 1 unspecified atom stereocenters. The van der Waals surface area contributed by atoms with E-state index in [1.54, 1.807) is 30.7 Å². The van der Waals surface area contributed by atoms with E-state index in [4.69, 9.17) is 9.83 Å². The zero-order valence-electron chi connectivity index (χ0n) is 23.1. The molecular formula is C32H33N5O3. The van der Waals surface area contributed by atoms with Gasteiger partial charge in [-0.3, -0.25) is 14.8 Å². The first-order valence-corrected chi connectivity index (χ1v) is 12.9. The average Bonchev–Trinajstić information content (AvgIpc) is 3.34. The Bertz CT molecular complexity index is 1630. The lowest BCUT2D eigenvalue weighted by atomic mass is 10.00. The Hall–Kier alpha value is -5.11. The molecule has 0 aliphatic carbocycles. The van der Waals surface area contributed by atoms with Crippen LogP contribution in [0.5, 0.6) is 0 Å². The number of carbonyl (C=O) groups excluding carboxylic acids is 1. The van der Waals surface area contributed by atoms with Crippen molar-refractivity contribution in [1.29, 1.82) is 5.41 Å². The van der Waals surface area contributed by atoms with Crippen LogP contribution in [0.4, 0.5) is 0 Å². The molecule has 5 aromatic rings. The molecule has 2 heterocycles. The largest absolute Gasteiger partial charge is 0.424 e. The molecule has 1 amide bonds. The van der Waals surface area contributed by atoms with E-state index in [-0.39, 0.29) is 11.9 Å². The summed E-state index contributed by atoms with van der Waals surface area (Å²) < 4.78 is 6.91. The highest BCUT2D eigenvalue weighted by molar-refractivity contribution is 5.96. The van der Waals surface area contributed by atoms with Crippen molar-refractivity contribution in [2.75, 3.05) is 0 Å². The predicted molar refractivity (Wildman–Crippen MR) is 160 cm³/mol. The number of carbonyl (C=O) groups is 1. The van der Waals surface area contributed by atoms with Gasteiger partial charge in [0.2, 0.25) is 0 Å². The fraction of sp³-hybridized carbons (Fsp3) is 0.156. The molecule has 40 heavy (non-hydrogen) atoms. The summed E-state index contributed by atoms with van der Waals surface area (Å²) in [6.07, 6.45) is 7.35. The second-order valence-electron chi connectivity index (χ2n) is 8.53. The number of para-hydroxylation sites is 2. The lowest BCUT2D eigenvalue weighted by molar-refractivity contribution is 0.0939. The molecule has 204 valence electrons. The summed E-state index contributed by atoms with van der Waals surface area (Å²) in [5.41, 5.74) is 5.61. The van der Waals surface area contributed by atoms with E-state index in [2.05, 4.69) is 21.9 Å². The second-order valence-corrected chi connectivity index (χ2v) is 8.53. The second kappa shape index (κ2) is 14.2. The van der Waals surface area contributed by atoms with Gasteiger partial charge in [0.25, 0.3) is 5.91 Å². The first-order valence-electron chi connectivity index (χ1n) is 12.9. The number of nitrogens with one attached hydrogen (secondary N) is 2. The van der Waals surface area contributed by atoms with Crippen molar-refractivity contribution in [3.05, 3.63) is 125 Å². The van der Waals surface area contributed by atoms with Gasteiger partial charge in [0.1, 0.15) is 0 Å². The van der Waals surface area contributed by atoms with E-state index in [1.165, 1.54) is 10.6 Å². The molecule has 2 aromatic heterocycles. The van der Waals surface area contributed by atoms with Gasteiger partial charge in [-0.2, -0.15) is 0 Å². The monoisotopic (exact) mass is 535 g/mol. The average molecular weight is 536 g/mol. The SMILES string of the molecule is C=CC=N.CC.Cc1ccc(-c2cc(C(=O)NC(C)c3cnccn3)cc(-n3c(=O)oc4ccccc43)c2)cc1. The van der Waals surface area contributed by atoms with E-state index < -0.39 is 5.76 Å². The minimum absolute atomic E-state index is 0.283. The standard InChI is InChI=1S/C27H22N4O3.C3H5N.C2H6/c1-17-7-9-19(10-8-17)20-13-21(26(32)30-18(2)23-16-28-11-12-29-23)15-22(14-20)31-24-5-3-4-6-25(24)34-27(31)33;1-2-3-4;1-2/h3-16,18H,1-2H3,(H,30,32);2-4H,1H2;1-2H3. The van der Waals surface area contributed by atoms with Crippen LogP contribution in [0.1, 0.15) is 48.4 Å². The molecule has 0 spiro atoms. The van der Waals surface area contributed by atoms with Gasteiger partial charge in [-0.25, -0.2) is 9.36 Å². The van der Waals surface area contributed by atoms with Gasteiger partial charge in [0.15, 0.2) is 5.58 Å². The summed E-state index contributed by atoms with van der Waals surface area (Å²) in [6, 6.07) is 20.3. The van der Waals surface area contributed by atoms with Crippen LogP contribution >= 0.6 is 0 Å². The van der Waals surface area contributed by atoms with Crippen molar-refractivity contribution in [1.82, 2.24) is 19.9 Å². The van der Waals surface area contributed by atoms with Crippen LogP contribution in [-0.2, 0) is 0 Å². The van der Waals surface area contributed by atoms with Crippen molar-refractivity contribution in [3.8, 4) is 16.8 Å². The number of oxazole rings is 1. The third-order valence-corrected chi connectivity index (χ3v) is 5.80. The summed E-state index contributed by atoms with van der Waals surface area (Å²) in [5, 5.41) is 9.18. The summed E-state index contributed by atoms with van der Waals surface area (Å²) in [5.74, 6) is -0.796. The fourth-order valence-electron chi connectivity index (χ4n) is 3.88. The Morgan fingerprint density at radius 1 is 1.05 bits per heavy atom. The van der Waals surface area contributed by atoms with Crippen molar-refractivity contribution < 1.29 is 9.21 Å². The number of amides is 1. The van der Waals surface area contributed by atoms with Crippen LogP contribution in [0.25, 0.3) is 27.9 Å². The Labute approximate surface area is 233 Å². The maximum atomic E-state index is 13.3. The molecular weight excluding hydrogens is 502 g/mol. The number of aromatic nitrogens is 3. The number of aryl methyl sites for hydroxylation is 1. The highest BCUT2D eigenvalue weighted by atomic mass is 16.4. The quantitative estimate of drug-likeness (QED) is 0.235. The maximum absolute atomic E-state index is 13.3. The predicted octanol–water partition coefficient (Wildman–Crippen LogP) is 6.69. The maximum Gasteiger partial charge on any atom is 0.424 e. The molecule has 0 aliphatic heterocycles. The van der Waals surface area contributed by atoms with Gasteiger partial charge in [-0.1, -0.05) is 68.5 Å². The third kappa shape index (κ3) is 7.05. The molecule has 0 saturated carbocycles. The van der Waals surface area contributed by atoms with Crippen molar-refractivity contribution in [3.63, 3.8) is 0 Å². The van der Waals surface area contributed by atoms with Crippen molar-refractivity contribution >= 4 is 23.2 Å². The van der Waals surface area contributed by atoms with E-state index in [0.717, 1.165) is 22.9 Å². The van der Waals surface area contributed by atoms with Gasteiger partial charge in [0.05, 0.1) is 29.1 Å². The molecule has 8 nitrogen and oxygen atoms in total. The van der Waals surface area contributed by atoms with Gasteiger partial charge in [-0.05, 0) is 55.3 Å². The van der Waals surface area contributed by atoms with Crippen molar-refractivity contribution in [2.45, 2.75) is 33.7 Å². The van der Waals surface area contributed by atoms with Gasteiger partial charge in [0, 0.05) is 24.2 Å². The Kier molecular flexibility index (Phi) is 10.4. The third-order valence-electron chi connectivity index (χ3n) is 5.80. The summed E-state index contributed by atoms with van der Waals surface area (Å²) in [7, 11) is 0. The molecule has 8 heteroatoms. The zero-order valence-corrected chi connectivity index (χ0v) is 23.1. The summed E-state index contributed by atoms with van der Waals surface area (Å²) in [6.45, 7) is 11.1. The Morgan fingerprint density at radius 3 is 2.40 bits per heavy atom. The highest BCUT2D eigenvalue weighted by Gasteiger charge is 2.18. The lowest BCUT2D eigenvalue weighted by Crippen LogP contribution is -2.27. The number of benzene rings is 3. The van der Waals surface area contributed by atoms with E-state index in [1.807, 2.05) is 82.3 Å². The molecule has 0 saturated heterocycles. The number of rotatable bonds is 6. The molecule has 5 rings (SSSR count). The lowest BCUT2D eigenvalue weighted by Gasteiger charge is -2.15. The molecule has 3 aromatic carbocycles. The first kappa shape index (κ1) is 29.4. The molecule has 0 aliphatic rings. The number of hydrogen-bond donors (Lipinski definition) is 2. The van der Waals surface area contributed by atoms with Crippen LogP contribution in [0.3, 0.4) is 0 Å². The van der Waals surface area contributed by atoms with E-state index >= 15 is 0 Å². The summed E-state index contributed by atoms with van der Waals surface area (Å²) >= 11 is 0. The van der Waals surface area contributed by atoms with Crippen LogP contribution < -0.4 is 11.1 Å². The fourth-order valence-corrected chi connectivity index (χ4v) is 3.88. The zero-order chi connectivity index (χ0) is 29.1. The molecule has 0 radical (unpaired) electrons. The smallest absolute Gasteiger partial charge is 0.407 e. The molecule has 2 N–H and O–H groups in total.